The van der Waals surface area contributed by atoms with E-state index in [-0.39, 0.29) is 5.91 Å². The molecule has 7 heteroatoms. The first-order valence-corrected chi connectivity index (χ1v) is 11.4. The molecular weight excluding hydrogens is 454 g/mol. The topological polar surface area (TPSA) is 46.1 Å². The molecule has 0 fully saturated rings. The number of aromatic nitrogens is 2. The van der Waals surface area contributed by atoms with E-state index in [1.165, 1.54) is 11.3 Å². The monoisotopic (exact) mass is 469 g/mol. The van der Waals surface area contributed by atoms with Gasteiger partial charge in [0.05, 0.1) is 22.3 Å². The SMILES string of the molecule is CSc1cccc2sc(N(Cc3cccnc3)C(=O)c3ccccc3Br)nc12. The molecule has 0 aliphatic rings. The fourth-order valence-electron chi connectivity index (χ4n) is 2.87. The maximum atomic E-state index is 13.4. The van der Waals surface area contributed by atoms with Crippen molar-refractivity contribution in [1.29, 1.82) is 0 Å². The third kappa shape index (κ3) is 3.83. The molecule has 4 aromatic rings. The highest BCUT2D eigenvalue weighted by Gasteiger charge is 2.23. The minimum atomic E-state index is -0.0962. The predicted molar refractivity (Wildman–Crippen MR) is 120 cm³/mol. The molecule has 0 atom stereocenters. The van der Waals surface area contributed by atoms with Crippen LogP contribution in [0.1, 0.15) is 15.9 Å². The molecule has 0 N–H and O–H groups in total. The number of amides is 1. The summed E-state index contributed by atoms with van der Waals surface area (Å²) in [6.45, 7) is 0.405. The Labute approximate surface area is 179 Å². The molecule has 0 unspecified atom stereocenters. The first-order valence-electron chi connectivity index (χ1n) is 8.56. The van der Waals surface area contributed by atoms with Crippen LogP contribution in [0.2, 0.25) is 0 Å². The van der Waals surface area contributed by atoms with Crippen LogP contribution in [0.4, 0.5) is 5.13 Å². The summed E-state index contributed by atoms with van der Waals surface area (Å²) in [5.41, 5.74) is 2.49. The maximum Gasteiger partial charge on any atom is 0.261 e. The lowest BCUT2D eigenvalue weighted by Gasteiger charge is -2.20. The van der Waals surface area contributed by atoms with Crippen LogP contribution >= 0.6 is 39.0 Å². The summed E-state index contributed by atoms with van der Waals surface area (Å²) in [5, 5.41) is 0.682. The number of carbonyl (C=O) groups excluding carboxylic acids is 1. The molecule has 28 heavy (non-hydrogen) atoms. The number of rotatable bonds is 5. The van der Waals surface area contributed by atoms with Gasteiger partial charge in [-0.15, -0.1) is 11.8 Å². The van der Waals surface area contributed by atoms with Gasteiger partial charge in [-0.25, -0.2) is 4.98 Å². The molecule has 0 spiro atoms. The van der Waals surface area contributed by atoms with Crippen LogP contribution < -0.4 is 4.90 Å². The van der Waals surface area contributed by atoms with Gasteiger partial charge >= 0.3 is 0 Å². The van der Waals surface area contributed by atoms with E-state index in [1.807, 2.05) is 54.8 Å². The van der Waals surface area contributed by atoms with Crippen LogP contribution in [0.25, 0.3) is 10.2 Å². The zero-order chi connectivity index (χ0) is 19.5. The molecular formula is C21H16BrN3OS2. The molecule has 140 valence electrons. The van der Waals surface area contributed by atoms with Crippen LogP contribution in [0.5, 0.6) is 0 Å². The third-order valence-electron chi connectivity index (χ3n) is 4.23. The van der Waals surface area contributed by atoms with E-state index in [9.17, 15) is 4.79 Å². The number of para-hydroxylation sites is 1. The van der Waals surface area contributed by atoms with Gasteiger partial charge in [0.25, 0.3) is 5.91 Å². The van der Waals surface area contributed by atoms with Crippen LogP contribution in [-0.2, 0) is 6.54 Å². The van der Waals surface area contributed by atoms with E-state index in [1.54, 1.807) is 29.1 Å². The second-order valence-corrected chi connectivity index (χ2v) is 8.75. The Balaban J connectivity index is 1.81. The van der Waals surface area contributed by atoms with Crippen molar-refractivity contribution >= 4 is 60.3 Å². The van der Waals surface area contributed by atoms with Crippen LogP contribution in [0.3, 0.4) is 0 Å². The summed E-state index contributed by atoms with van der Waals surface area (Å²) in [5.74, 6) is -0.0962. The lowest BCUT2D eigenvalue weighted by Crippen LogP contribution is -2.30. The van der Waals surface area contributed by atoms with E-state index in [0.29, 0.717) is 17.2 Å². The number of nitrogens with zero attached hydrogens (tertiary/aromatic N) is 3. The average Bonchev–Trinajstić information content (AvgIpc) is 3.16. The molecule has 4 nitrogen and oxygen atoms in total. The lowest BCUT2D eigenvalue weighted by molar-refractivity contribution is 0.0984. The van der Waals surface area contributed by atoms with E-state index >= 15 is 0 Å². The molecule has 1 amide bonds. The Kier molecular flexibility index (Phi) is 5.75. The Morgan fingerprint density at radius 2 is 2.00 bits per heavy atom. The fourth-order valence-corrected chi connectivity index (χ4v) is 4.95. The number of hydrogen-bond donors (Lipinski definition) is 0. The highest BCUT2D eigenvalue weighted by atomic mass is 79.9. The van der Waals surface area contributed by atoms with Crippen LogP contribution in [-0.4, -0.2) is 22.1 Å². The number of fused-ring (bicyclic) bond motifs is 1. The molecule has 0 aliphatic heterocycles. The van der Waals surface area contributed by atoms with Crippen LogP contribution in [0, 0.1) is 0 Å². The van der Waals surface area contributed by atoms with Gasteiger partial charge in [0.15, 0.2) is 5.13 Å². The van der Waals surface area contributed by atoms with Gasteiger partial charge in [0.1, 0.15) is 0 Å². The Hall–Kier alpha value is -2.22. The average molecular weight is 470 g/mol. The van der Waals surface area contributed by atoms with Gasteiger partial charge in [-0.3, -0.25) is 14.7 Å². The number of thiazole rings is 1. The van der Waals surface area contributed by atoms with E-state index in [4.69, 9.17) is 4.98 Å². The summed E-state index contributed by atoms with van der Waals surface area (Å²) < 4.78 is 1.83. The van der Waals surface area contributed by atoms with Gasteiger partial charge in [-0.05, 0) is 58.1 Å². The molecule has 0 saturated carbocycles. The highest BCUT2D eigenvalue weighted by Crippen LogP contribution is 2.35. The quantitative estimate of drug-likeness (QED) is 0.335. The van der Waals surface area contributed by atoms with Gasteiger partial charge in [0.2, 0.25) is 0 Å². The molecule has 0 aliphatic carbocycles. The first kappa shape index (κ1) is 19.1. The minimum Gasteiger partial charge on any atom is -0.279 e. The number of benzene rings is 2. The normalized spacial score (nSPS) is 10.9. The fraction of sp³-hybridized carbons (Fsp3) is 0.0952. The second kappa shape index (κ2) is 8.43. The Bertz CT molecular complexity index is 1130. The summed E-state index contributed by atoms with van der Waals surface area (Å²) in [7, 11) is 0. The van der Waals surface area contributed by atoms with E-state index in [2.05, 4.69) is 27.0 Å². The standard InChI is InChI=1S/C21H16BrN3OS2/c1-27-17-9-4-10-18-19(17)24-21(28-18)25(13-14-6-5-11-23-12-14)20(26)15-7-2-3-8-16(15)22/h2-12H,13H2,1H3. The molecule has 0 radical (unpaired) electrons. The molecule has 0 saturated heterocycles. The van der Waals surface area contributed by atoms with Gasteiger partial charge in [-0.1, -0.05) is 35.6 Å². The van der Waals surface area contributed by atoms with E-state index < -0.39 is 0 Å². The van der Waals surface area contributed by atoms with Crippen molar-refractivity contribution in [1.82, 2.24) is 9.97 Å². The van der Waals surface area contributed by atoms with Crippen molar-refractivity contribution in [2.45, 2.75) is 11.4 Å². The van der Waals surface area contributed by atoms with Crippen molar-refractivity contribution in [3.63, 3.8) is 0 Å². The number of hydrogen-bond acceptors (Lipinski definition) is 5. The summed E-state index contributed by atoms with van der Waals surface area (Å²) in [6, 6.07) is 17.4. The summed E-state index contributed by atoms with van der Waals surface area (Å²) in [6.07, 6.45) is 5.54. The van der Waals surface area contributed by atoms with Crippen molar-refractivity contribution in [2.75, 3.05) is 11.2 Å². The predicted octanol–water partition coefficient (Wildman–Crippen LogP) is 6.02. The molecule has 2 heterocycles. The number of pyridine rings is 1. The summed E-state index contributed by atoms with van der Waals surface area (Å²) in [4.78, 5) is 25.3. The van der Waals surface area contributed by atoms with Gasteiger partial charge in [-0.2, -0.15) is 0 Å². The van der Waals surface area contributed by atoms with Gasteiger partial charge < -0.3 is 0 Å². The Morgan fingerprint density at radius 1 is 1.14 bits per heavy atom. The molecule has 0 bridgehead atoms. The van der Waals surface area contributed by atoms with Crippen LogP contribution in [0.15, 0.2) is 76.4 Å². The third-order valence-corrected chi connectivity index (χ3v) is 6.74. The van der Waals surface area contributed by atoms with Gasteiger partial charge in [0, 0.05) is 21.8 Å². The number of halogens is 1. The largest absolute Gasteiger partial charge is 0.279 e. The zero-order valence-corrected chi connectivity index (χ0v) is 18.2. The number of thioether (sulfide) groups is 1. The second-order valence-electron chi connectivity index (χ2n) is 6.04. The van der Waals surface area contributed by atoms with Crippen molar-refractivity contribution in [3.8, 4) is 0 Å². The minimum absolute atomic E-state index is 0.0962. The molecule has 2 aromatic heterocycles. The molecule has 4 rings (SSSR count). The smallest absolute Gasteiger partial charge is 0.261 e. The Morgan fingerprint density at radius 3 is 2.75 bits per heavy atom. The number of carbonyl (C=O) groups is 1. The van der Waals surface area contributed by atoms with Crippen molar-refractivity contribution in [2.24, 2.45) is 0 Å². The first-order chi connectivity index (χ1) is 13.7. The molecule has 2 aromatic carbocycles. The summed E-state index contributed by atoms with van der Waals surface area (Å²) >= 11 is 6.69. The van der Waals surface area contributed by atoms with Crippen molar-refractivity contribution < 1.29 is 4.79 Å². The highest BCUT2D eigenvalue weighted by molar-refractivity contribution is 9.10. The lowest BCUT2D eigenvalue weighted by atomic mass is 10.2. The number of anilines is 1. The maximum absolute atomic E-state index is 13.4. The van der Waals surface area contributed by atoms with Crippen molar-refractivity contribution in [3.05, 3.63) is 82.6 Å². The van der Waals surface area contributed by atoms with E-state index in [0.717, 1.165) is 25.1 Å². The zero-order valence-electron chi connectivity index (χ0n) is 15.0.